The summed E-state index contributed by atoms with van der Waals surface area (Å²) in [7, 11) is 0. The highest BCUT2D eigenvalue weighted by atomic mass is 16.4. The highest BCUT2D eigenvalue weighted by Crippen LogP contribution is 2.25. The van der Waals surface area contributed by atoms with Crippen molar-refractivity contribution in [3.8, 4) is 0 Å². The van der Waals surface area contributed by atoms with Crippen LogP contribution in [0.3, 0.4) is 0 Å². The molecule has 2 aromatic rings. The molecule has 1 unspecified atom stereocenters. The molecule has 4 heteroatoms. The smallest absolute Gasteiger partial charge is 0.320 e. The van der Waals surface area contributed by atoms with Crippen molar-refractivity contribution >= 4 is 16.9 Å². The van der Waals surface area contributed by atoms with Crippen molar-refractivity contribution in [2.75, 3.05) is 0 Å². The van der Waals surface area contributed by atoms with Crippen LogP contribution in [-0.4, -0.2) is 22.1 Å². The number of nitrogens with two attached hydrogens (primary N) is 1. The average molecular weight is 232 g/mol. The van der Waals surface area contributed by atoms with Crippen molar-refractivity contribution < 1.29 is 9.90 Å². The quantitative estimate of drug-likeness (QED) is 0.754. The van der Waals surface area contributed by atoms with Gasteiger partial charge in [-0.05, 0) is 25.0 Å². The molecular weight excluding hydrogens is 216 g/mol. The van der Waals surface area contributed by atoms with Gasteiger partial charge in [0, 0.05) is 23.0 Å². The SMILES string of the molecule is Cc1[nH]c2c(C)cccc2c1CC(N)C(=O)O. The number of fused-ring (bicyclic) bond motifs is 1. The van der Waals surface area contributed by atoms with Crippen molar-refractivity contribution in [3.63, 3.8) is 0 Å². The molecule has 0 spiro atoms. The van der Waals surface area contributed by atoms with Gasteiger partial charge in [-0.1, -0.05) is 18.2 Å². The molecule has 4 nitrogen and oxygen atoms in total. The summed E-state index contributed by atoms with van der Waals surface area (Å²) in [5, 5.41) is 9.93. The van der Waals surface area contributed by atoms with Crippen LogP contribution in [0.15, 0.2) is 18.2 Å². The molecule has 4 N–H and O–H groups in total. The van der Waals surface area contributed by atoms with Crippen LogP contribution in [-0.2, 0) is 11.2 Å². The molecular formula is C13H16N2O2. The van der Waals surface area contributed by atoms with E-state index >= 15 is 0 Å². The zero-order chi connectivity index (χ0) is 12.6. The van der Waals surface area contributed by atoms with E-state index in [4.69, 9.17) is 10.8 Å². The molecule has 0 radical (unpaired) electrons. The number of carboxylic acids is 1. The lowest BCUT2D eigenvalue weighted by Crippen LogP contribution is -2.32. The highest BCUT2D eigenvalue weighted by Gasteiger charge is 2.17. The molecule has 0 aliphatic heterocycles. The number of nitrogens with one attached hydrogen (secondary N) is 1. The summed E-state index contributed by atoms with van der Waals surface area (Å²) in [6.45, 7) is 3.97. The molecule has 0 bridgehead atoms. The van der Waals surface area contributed by atoms with Gasteiger partial charge in [0.25, 0.3) is 0 Å². The summed E-state index contributed by atoms with van der Waals surface area (Å²) in [5.74, 6) is -0.966. The monoisotopic (exact) mass is 232 g/mol. The van der Waals surface area contributed by atoms with Gasteiger partial charge in [0.1, 0.15) is 6.04 Å². The van der Waals surface area contributed by atoms with E-state index in [1.807, 2.05) is 32.0 Å². The Labute approximate surface area is 99.4 Å². The molecule has 1 aromatic heterocycles. The molecule has 17 heavy (non-hydrogen) atoms. The number of hydrogen-bond acceptors (Lipinski definition) is 2. The average Bonchev–Trinajstić information content (AvgIpc) is 2.58. The summed E-state index contributed by atoms with van der Waals surface area (Å²) in [6.07, 6.45) is 0.352. The Balaban J connectivity index is 2.50. The minimum absolute atomic E-state index is 0.352. The number of aromatic amines is 1. The minimum Gasteiger partial charge on any atom is -0.480 e. The first-order valence-corrected chi connectivity index (χ1v) is 5.56. The maximum Gasteiger partial charge on any atom is 0.320 e. The fourth-order valence-electron chi connectivity index (χ4n) is 2.12. The third-order valence-electron chi connectivity index (χ3n) is 3.10. The van der Waals surface area contributed by atoms with Gasteiger partial charge in [0.2, 0.25) is 0 Å². The molecule has 90 valence electrons. The van der Waals surface area contributed by atoms with Gasteiger partial charge in [-0.15, -0.1) is 0 Å². The van der Waals surface area contributed by atoms with E-state index in [-0.39, 0.29) is 0 Å². The van der Waals surface area contributed by atoms with Crippen LogP contribution < -0.4 is 5.73 Å². The molecule has 0 aliphatic carbocycles. The lowest BCUT2D eigenvalue weighted by Gasteiger charge is -2.06. The molecule has 0 saturated carbocycles. The third-order valence-corrected chi connectivity index (χ3v) is 3.10. The van der Waals surface area contributed by atoms with Crippen LogP contribution in [0.5, 0.6) is 0 Å². The lowest BCUT2D eigenvalue weighted by atomic mass is 10.0. The third kappa shape index (κ3) is 2.03. The number of aliphatic carboxylic acids is 1. The highest BCUT2D eigenvalue weighted by molar-refractivity contribution is 5.88. The Hall–Kier alpha value is -1.81. The topological polar surface area (TPSA) is 79.1 Å². The number of aryl methyl sites for hydroxylation is 2. The van der Waals surface area contributed by atoms with E-state index in [2.05, 4.69) is 4.98 Å². The van der Waals surface area contributed by atoms with Crippen LogP contribution >= 0.6 is 0 Å². The second-order valence-electron chi connectivity index (χ2n) is 4.37. The summed E-state index contributed by atoms with van der Waals surface area (Å²) in [5.41, 5.74) is 9.80. The second-order valence-corrected chi connectivity index (χ2v) is 4.37. The van der Waals surface area contributed by atoms with Crippen molar-refractivity contribution in [2.24, 2.45) is 5.73 Å². The molecule has 0 amide bonds. The number of para-hydroxylation sites is 1. The van der Waals surface area contributed by atoms with Gasteiger partial charge < -0.3 is 15.8 Å². The van der Waals surface area contributed by atoms with Gasteiger partial charge >= 0.3 is 5.97 Å². The number of aromatic nitrogens is 1. The Morgan fingerprint density at radius 2 is 2.18 bits per heavy atom. The maximum atomic E-state index is 10.8. The van der Waals surface area contributed by atoms with Crippen molar-refractivity contribution in [1.29, 1.82) is 0 Å². The summed E-state index contributed by atoms with van der Waals surface area (Å²) in [6, 6.07) is 5.14. The number of carboxylic acid groups (broad SMARTS) is 1. The number of benzene rings is 1. The van der Waals surface area contributed by atoms with Crippen LogP contribution in [0, 0.1) is 13.8 Å². The number of carbonyl (C=O) groups is 1. The van der Waals surface area contributed by atoms with Gasteiger partial charge in [0.15, 0.2) is 0 Å². The molecule has 1 heterocycles. The summed E-state index contributed by atoms with van der Waals surface area (Å²) < 4.78 is 0. The molecule has 0 aliphatic rings. The van der Waals surface area contributed by atoms with E-state index in [1.54, 1.807) is 0 Å². The van der Waals surface area contributed by atoms with Crippen LogP contribution in [0.1, 0.15) is 16.8 Å². The summed E-state index contributed by atoms with van der Waals surface area (Å²) in [4.78, 5) is 14.1. The molecule has 0 fully saturated rings. The second kappa shape index (κ2) is 4.22. The lowest BCUT2D eigenvalue weighted by molar-refractivity contribution is -0.138. The molecule has 1 aromatic carbocycles. The zero-order valence-electron chi connectivity index (χ0n) is 9.95. The predicted octanol–water partition coefficient (Wildman–Crippen LogP) is 1.74. The molecule has 1 atom stereocenters. The van der Waals surface area contributed by atoms with E-state index in [9.17, 15) is 4.79 Å². The van der Waals surface area contributed by atoms with E-state index in [0.29, 0.717) is 6.42 Å². The largest absolute Gasteiger partial charge is 0.480 e. The Kier molecular flexibility index (Phi) is 2.90. The van der Waals surface area contributed by atoms with Gasteiger partial charge in [-0.25, -0.2) is 0 Å². The first-order chi connectivity index (χ1) is 8.00. The predicted molar refractivity (Wildman–Crippen MR) is 67.1 cm³/mol. The number of H-pyrrole nitrogens is 1. The van der Waals surface area contributed by atoms with Gasteiger partial charge in [-0.2, -0.15) is 0 Å². The number of hydrogen-bond donors (Lipinski definition) is 3. The van der Waals surface area contributed by atoms with Crippen molar-refractivity contribution in [3.05, 3.63) is 35.0 Å². The zero-order valence-corrected chi connectivity index (χ0v) is 9.95. The van der Waals surface area contributed by atoms with Crippen molar-refractivity contribution in [2.45, 2.75) is 26.3 Å². The fourth-order valence-corrected chi connectivity index (χ4v) is 2.12. The Bertz CT molecular complexity index is 572. The minimum atomic E-state index is -0.966. The first kappa shape index (κ1) is 11.7. The van der Waals surface area contributed by atoms with E-state index in [0.717, 1.165) is 27.7 Å². The van der Waals surface area contributed by atoms with Gasteiger partial charge in [-0.3, -0.25) is 4.79 Å². The molecule has 0 saturated heterocycles. The standard InChI is InChI=1S/C13H16N2O2/c1-7-4-3-5-9-10(6-11(14)13(16)17)8(2)15-12(7)9/h3-5,11,15H,6,14H2,1-2H3,(H,16,17). The van der Waals surface area contributed by atoms with Gasteiger partial charge in [0.05, 0.1) is 0 Å². The fraction of sp³-hybridized carbons (Fsp3) is 0.308. The van der Waals surface area contributed by atoms with Crippen LogP contribution in [0.25, 0.3) is 10.9 Å². The number of rotatable bonds is 3. The Morgan fingerprint density at radius 1 is 1.47 bits per heavy atom. The van der Waals surface area contributed by atoms with Crippen molar-refractivity contribution in [1.82, 2.24) is 4.98 Å². The van der Waals surface area contributed by atoms with Crippen LogP contribution in [0.4, 0.5) is 0 Å². The van der Waals surface area contributed by atoms with E-state index in [1.165, 1.54) is 0 Å². The maximum absolute atomic E-state index is 10.8. The first-order valence-electron chi connectivity index (χ1n) is 5.56. The normalized spacial score (nSPS) is 12.9. The van der Waals surface area contributed by atoms with E-state index < -0.39 is 12.0 Å². The summed E-state index contributed by atoms with van der Waals surface area (Å²) >= 11 is 0. The van der Waals surface area contributed by atoms with Crippen LogP contribution in [0.2, 0.25) is 0 Å². The molecule has 2 rings (SSSR count). The Morgan fingerprint density at radius 3 is 2.82 bits per heavy atom.